The van der Waals surface area contributed by atoms with Crippen molar-refractivity contribution in [2.45, 2.75) is 11.8 Å². The van der Waals surface area contributed by atoms with E-state index in [0.717, 1.165) is 12.6 Å². The molecule has 114 valence electrons. The molecule has 0 saturated heterocycles. The van der Waals surface area contributed by atoms with Crippen LogP contribution in [0.2, 0.25) is 0 Å². The summed E-state index contributed by atoms with van der Waals surface area (Å²) in [4.78, 5) is 9.78. The first kappa shape index (κ1) is 19.3. The van der Waals surface area contributed by atoms with Gasteiger partial charge in [-0.25, -0.2) is 13.1 Å². The Bertz CT molecular complexity index is 568. The molecule has 0 aliphatic carbocycles. The normalized spacial score (nSPS) is 10.9. The standard InChI is InChI=1S/C10H14BrN3O4S.ClH/c1-2-12-5-6-13-19(17,18)10-7-8(11)3-4-9(10)14(15)16;/h3-4,7,12-13H,2,5-6H2,1H3;1H. The molecule has 0 unspecified atom stereocenters. The van der Waals surface area contributed by atoms with Gasteiger partial charge in [0.1, 0.15) is 0 Å². The highest BCUT2D eigenvalue weighted by Crippen LogP contribution is 2.26. The van der Waals surface area contributed by atoms with Crippen molar-refractivity contribution in [1.29, 1.82) is 0 Å². The van der Waals surface area contributed by atoms with E-state index in [1.807, 2.05) is 6.92 Å². The summed E-state index contributed by atoms with van der Waals surface area (Å²) in [6, 6.07) is 3.80. The lowest BCUT2D eigenvalue weighted by atomic mass is 10.3. The molecule has 0 saturated carbocycles. The van der Waals surface area contributed by atoms with Gasteiger partial charge in [-0.2, -0.15) is 0 Å². The fourth-order valence-corrected chi connectivity index (χ4v) is 3.12. The predicted octanol–water partition coefficient (Wildman–Crippen LogP) is 1.67. The molecule has 0 spiro atoms. The number of nitro benzene ring substituents is 1. The fraction of sp³-hybridized carbons (Fsp3) is 0.400. The Morgan fingerprint density at radius 1 is 1.35 bits per heavy atom. The molecule has 1 aromatic rings. The van der Waals surface area contributed by atoms with Crippen molar-refractivity contribution in [3.63, 3.8) is 0 Å². The zero-order valence-corrected chi connectivity index (χ0v) is 13.8. The van der Waals surface area contributed by atoms with E-state index in [9.17, 15) is 18.5 Å². The van der Waals surface area contributed by atoms with Gasteiger partial charge in [-0.1, -0.05) is 22.9 Å². The molecule has 1 aromatic carbocycles. The second-order valence-corrected chi connectivity index (χ2v) is 6.27. The molecule has 7 nitrogen and oxygen atoms in total. The Balaban J connectivity index is 0.00000361. The summed E-state index contributed by atoms with van der Waals surface area (Å²) in [5.74, 6) is 0. The number of rotatable bonds is 7. The number of likely N-dealkylation sites (N-methyl/N-ethyl adjacent to an activating group) is 1. The van der Waals surface area contributed by atoms with Gasteiger partial charge in [0.05, 0.1) is 4.92 Å². The van der Waals surface area contributed by atoms with Crippen molar-refractivity contribution in [1.82, 2.24) is 10.0 Å². The van der Waals surface area contributed by atoms with Crippen LogP contribution < -0.4 is 10.0 Å². The summed E-state index contributed by atoms with van der Waals surface area (Å²) < 4.78 is 26.8. The lowest BCUT2D eigenvalue weighted by Gasteiger charge is -2.08. The lowest BCUT2D eigenvalue weighted by molar-refractivity contribution is -0.387. The van der Waals surface area contributed by atoms with Gasteiger partial charge < -0.3 is 5.32 Å². The first-order valence-corrected chi connectivity index (χ1v) is 7.80. The summed E-state index contributed by atoms with van der Waals surface area (Å²) in [7, 11) is -3.90. The monoisotopic (exact) mass is 387 g/mol. The Labute approximate surface area is 131 Å². The molecule has 0 heterocycles. The third kappa shape index (κ3) is 5.33. The third-order valence-corrected chi connectivity index (χ3v) is 4.24. The van der Waals surface area contributed by atoms with Crippen molar-refractivity contribution >= 4 is 44.0 Å². The summed E-state index contributed by atoms with van der Waals surface area (Å²) in [6.45, 7) is 3.24. The molecule has 20 heavy (non-hydrogen) atoms. The first-order valence-electron chi connectivity index (χ1n) is 5.53. The highest BCUT2D eigenvalue weighted by Gasteiger charge is 2.25. The van der Waals surface area contributed by atoms with E-state index in [-0.39, 0.29) is 23.8 Å². The Kier molecular flexibility index (Phi) is 8.21. The number of nitrogens with zero attached hydrogens (tertiary/aromatic N) is 1. The Hall–Kier alpha value is -0.740. The zero-order chi connectivity index (χ0) is 14.5. The Morgan fingerprint density at radius 3 is 2.55 bits per heavy atom. The van der Waals surface area contributed by atoms with Crippen LogP contribution in [0.15, 0.2) is 27.6 Å². The number of halogens is 2. The minimum atomic E-state index is -3.90. The fourth-order valence-electron chi connectivity index (χ4n) is 1.38. The number of benzene rings is 1. The maximum absolute atomic E-state index is 12.0. The van der Waals surface area contributed by atoms with E-state index in [4.69, 9.17) is 0 Å². The van der Waals surface area contributed by atoms with Crippen molar-refractivity contribution in [3.05, 3.63) is 32.8 Å². The highest BCUT2D eigenvalue weighted by atomic mass is 79.9. The van der Waals surface area contributed by atoms with Crippen LogP contribution in [0.5, 0.6) is 0 Å². The highest BCUT2D eigenvalue weighted by molar-refractivity contribution is 9.10. The van der Waals surface area contributed by atoms with Crippen LogP contribution in [0.25, 0.3) is 0 Å². The van der Waals surface area contributed by atoms with Crippen LogP contribution in [-0.4, -0.2) is 33.0 Å². The van der Waals surface area contributed by atoms with Crippen molar-refractivity contribution in [3.8, 4) is 0 Å². The van der Waals surface area contributed by atoms with E-state index in [2.05, 4.69) is 26.0 Å². The van der Waals surface area contributed by atoms with E-state index in [0.29, 0.717) is 11.0 Å². The van der Waals surface area contributed by atoms with Gasteiger partial charge in [0.25, 0.3) is 5.69 Å². The van der Waals surface area contributed by atoms with Crippen LogP contribution in [0.4, 0.5) is 5.69 Å². The molecular weight excluding hydrogens is 374 g/mol. The first-order chi connectivity index (χ1) is 8.88. The van der Waals surface area contributed by atoms with E-state index >= 15 is 0 Å². The minimum Gasteiger partial charge on any atom is -0.316 e. The summed E-state index contributed by atoms with van der Waals surface area (Å²) in [5, 5.41) is 13.8. The maximum atomic E-state index is 12.0. The molecule has 0 amide bonds. The van der Waals surface area contributed by atoms with Gasteiger partial charge in [0.2, 0.25) is 10.0 Å². The largest absolute Gasteiger partial charge is 0.316 e. The summed E-state index contributed by atoms with van der Waals surface area (Å²) in [5.41, 5.74) is -0.445. The van der Waals surface area contributed by atoms with Crippen LogP contribution in [-0.2, 0) is 10.0 Å². The van der Waals surface area contributed by atoms with Crippen LogP contribution >= 0.6 is 28.3 Å². The molecule has 0 aliphatic heterocycles. The maximum Gasteiger partial charge on any atom is 0.289 e. The summed E-state index contributed by atoms with van der Waals surface area (Å²) >= 11 is 3.10. The molecule has 0 bridgehead atoms. The zero-order valence-electron chi connectivity index (χ0n) is 10.6. The topological polar surface area (TPSA) is 101 Å². The second-order valence-electron chi connectivity index (χ2n) is 3.62. The van der Waals surface area contributed by atoms with Gasteiger partial charge in [0, 0.05) is 23.6 Å². The Morgan fingerprint density at radius 2 is 2.00 bits per heavy atom. The average molecular weight is 389 g/mol. The third-order valence-electron chi connectivity index (χ3n) is 2.25. The van der Waals surface area contributed by atoms with E-state index < -0.39 is 20.6 Å². The van der Waals surface area contributed by atoms with Crippen molar-refractivity contribution in [2.24, 2.45) is 0 Å². The van der Waals surface area contributed by atoms with Crippen LogP contribution in [0, 0.1) is 10.1 Å². The molecule has 2 N–H and O–H groups in total. The lowest BCUT2D eigenvalue weighted by Crippen LogP contribution is -2.32. The molecule has 1 rings (SSSR count). The summed E-state index contributed by atoms with van der Waals surface area (Å²) in [6.07, 6.45) is 0. The molecular formula is C10H15BrClN3O4S. The van der Waals surface area contributed by atoms with E-state index in [1.54, 1.807) is 0 Å². The van der Waals surface area contributed by atoms with E-state index in [1.165, 1.54) is 12.1 Å². The number of hydrogen-bond acceptors (Lipinski definition) is 5. The molecule has 0 fully saturated rings. The average Bonchev–Trinajstić information content (AvgIpc) is 2.34. The predicted molar refractivity (Wildman–Crippen MR) is 81.8 cm³/mol. The van der Waals surface area contributed by atoms with Crippen LogP contribution in [0.3, 0.4) is 0 Å². The van der Waals surface area contributed by atoms with Gasteiger partial charge >= 0.3 is 0 Å². The van der Waals surface area contributed by atoms with Gasteiger partial charge in [0.15, 0.2) is 4.90 Å². The van der Waals surface area contributed by atoms with Gasteiger partial charge in [-0.15, -0.1) is 12.4 Å². The van der Waals surface area contributed by atoms with Crippen LogP contribution in [0.1, 0.15) is 6.92 Å². The smallest absolute Gasteiger partial charge is 0.289 e. The molecule has 0 radical (unpaired) electrons. The molecule has 10 heteroatoms. The number of nitrogens with one attached hydrogen (secondary N) is 2. The van der Waals surface area contributed by atoms with Gasteiger partial charge in [-0.05, 0) is 18.7 Å². The molecule has 0 atom stereocenters. The SMILES string of the molecule is CCNCCNS(=O)(=O)c1cc(Br)ccc1[N+](=O)[O-].Cl. The quantitative estimate of drug-likeness (QED) is 0.420. The molecule has 0 aromatic heterocycles. The molecule has 0 aliphatic rings. The van der Waals surface area contributed by atoms with Gasteiger partial charge in [-0.3, -0.25) is 10.1 Å². The van der Waals surface area contributed by atoms with Crippen molar-refractivity contribution in [2.75, 3.05) is 19.6 Å². The minimum absolute atomic E-state index is 0. The van der Waals surface area contributed by atoms with Crippen molar-refractivity contribution < 1.29 is 13.3 Å². The second kappa shape index (κ2) is 8.53. The number of nitro groups is 1. The number of sulfonamides is 1. The number of hydrogen-bond donors (Lipinski definition) is 2.